The number of Topliss-reactive ketones (excluding diaryl/α,β-unsaturated/α-hetero) is 1. The Bertz CT molecular complexity index is 496. The van der Waals surface area contributed by atoms with Gasteiger partial charge in [0.1, 0.15) is 0 Å². The standard InChI is InChI=1S/C14H18N2O4/c1-10(17)15-12-5-3-11(4-6-12)13(18)9-16(2)8-7-14(19)20/h3-6H,7-9H2,1-2H3,(H,15,17)(H,19,20). The van der Waals surface area contributed by atoms with E-state index in [9.17, 15) is 14.4 Å². The van der Waals surface area contributed by atoms with Gasteiger partial charge in [-0.3, -0.25) is 19.3 Å². The molecule has 1 amide bonds. The van der Waals surface area contributed by atoms with Crippen LogP contribution in [0.2, 0.25) is 0 Å². The third kappa shape index (κ3) is 5.62. The maximum atomic E-state index is 12.0. The number of benzene rings is 1. The Morgan fingerprint density at radius 3 is 2.30 bits per heavy atom. The summed E-state index contributed by atoms with van der Waals surface area (Å²) in [4.78, 5) is 34.9. The average molecular weight is 278 g/mol. The molecule has 0 radical (unpaired) electrons. The van der Waals surface area contributed by atoms with Crippen molar-refractivity contribution in [3.05, 3.63) is 29.8 Å². The summed E-state index contributed by atoms with van der Waals surface area (Å²) in [5.74, 6) is -1.14. The van der Waals surface area contributed by atoms with Crippen LogP contribution in [0.4, 0.5) is 5.69 Å². The molecule has 0 aliphatic heterocycles. The molecule has 0 heterocycles. The number of rotatable bonds is 7. The first-order valence-corrected chi connectivity index (χ1v) is 6.19. The molecule has 1 rings (SSSR count). The Hall–Kier alpha value is -2.21. The van der Waals surface area contributed by atoms with E-state index < -0.39 is 5.97 Å². The fourth-order valence-corrected chi connectivity index (χ4v) is 1.64. The van der Waals surface area contributed by atoms with Crippen LogP contribution in [0.15, 0.2) is 24.3 Å². The minimum absolute atomic E-state index is 0.00521. The average Bonchev–Trinajstić information content (AvgIpc) is 2.36. The first-order valence-electron chi connectivity index (χ1n) is 6.19. The van der Waals surface area contributed by atoms with Gasteiger partial charge in [-0.2, -0.15) is 0 Å². The van der Waals surface area contributed by atoms with Crippen LogP contribution in [-0.4, -0.2) is 47.8 Å². The Kier molecular flexibility index (Phi) is 5.86. The summed E-state index contributed by atoms with van der Waals surface area (Å²) in [7, 11) is 1.70. The summed E-state index contributed by atoms with van der Waals surface area (Å²) < 4.78 is 0. The lowest BCUT2D eigenvalue weighted by atomic mass is 10.1. The second-order valence-electron chi connectivity index (χ2n) is 4.56. The lowest BCUT2D eigenvalue weighted by Crippen LogP contribution is -2.28. The van der Waals surface area contributed by atoms with E-state index in [1.54, 1.807) is 36.2 Å². The molecule has 0 saturated carbocycles. The first kappa shape index (κ1) is 15.8. The number of ketones is 1. The van der Waals surface area contributed by atoms with Crippen molar-refractivity contribution in [2.45, 2.75) is 13.3 Å². The summed E-state index contributed by atoms with van der Waals surface area (Å²) in [5.41, 5.74) is 1.16. The molecule has 6 nitrogen and oxygen atoms in total. The lowest BCUT2D eigenvalue weighted by Gasteiger charge is -2.14. The van der Waals surface area contributed by atoms with E-state index in [0.29, 0.717) is 17.8 Å². The van der Waals surface area contributed by atoms with Gasteiger partial charge in [0.15, 0.2) is 5.78 Å². The normalized spacial score (nSPS) is 10.3. The number of hydrogen-bond donors (Lipinski definition) is 2. The van der Waals surface area contributed by atoms with Crippen molar-refractivity contribution in [3.8, 4) is 0 Å². The maximum absolute atomic E-state index is 12.0. The van der Waals surface area contributed by atoms with Gasteiger partial charge < -0.3 is 10.4 Å². The molecular formula is C14H18N2O4. The van der Waals surface area contributed by atoms with E-state index >= 15 is 0 Å². The fraction of sp³-hybridized carbons (Fsp3) is 0.357. The highest BCUT2D eigenvalue weighted by Crippen LogP contribution is 2.10. The number of carbonyl (C=O) groups excluding carboxylic acids is 2. The lowest BCUT2D eigenvalue weighted by molar-refractivity contribution is -0.137. The number of amides is 1. The van der Waals surface area contributed by atoms with Crippen molar-refractivity contribution in [1.29, 1.82) is 0 Å². The van der Waals surface area contributed by atoms with Gasteiger partial charge in [-0.15, -0.1) is 0 Å². The number of carboxylic acids is 1. The number of nitrogens with zero attached hydrogens (tertiary/aromatic N) is 1. The number of carbonyl (C=O) groups is 3. The quantitative estimate of drug-likeness (QED) is 0.733. The highest BCUT2D eigenvalue weighted by atomic mass is 16.4. The molecule has 0 atom stereocenters. The Balaban J connectivity index is 2.54. The molecule has 0 fully saturated rings. The second-order valence-corrected chi connectivity index (χ2v) is 4.56. The van der Waals surface area contributed by atoms with E-state index in [1.807, 2.05) is 0 Å². The van der Waals surface area contributed by atoms with Gasteiger partial charge in [-0.25, -0.2) is 0 Å². The van der Waals surface area contributed by atoms with Crippen molar-refractivity contribution in [3.63, 3.8) is 0 Å². The van der Waals surface area contributed by atoms with Gasteiger partial charge in [0.2, 0.25) is 5.91 Å². The van der Waals surface area contributed by atoms with E-state index in [-0.39, 0.29) is 24.7 Å². The topological polar surface area (TPSA) is 86.7 Å². The van der Waals surface area contributed by atoms with Crippen LogP contribution in [0.25, 0.3) is 0 Å². The smallest absolute Gasteiger partial charge is 0.304 e. The van der Waals surface area contributed by atoms with E-state index in [4.69, 9.17) is 5.11 Å². The fourth-order valence-electron chi connectivity index (χ4n) is 1.64. The van der Waals surface area contributed by atoms with Crippen LogP contribution in [0.5, 0.6) is 0 Å². The van der Waals surface area contributed by atoms with E-state index in [0.717, 1.165) is 0 Å². The predicted molar refractivity (Wildman–Crippen MR) is 74.8 cm³/mol. The van der Waals surface area contributed by atoms with Crippen LogP contribution >= 0.6 is 0 Å². The summed E-state index contributed by atoms with van der Waals surface area (Å²) in [6.45, 7) is 1.90. The maximum Gasteiger partial charge on any atom is 0.304 e. The van der Waals surface area contributed by atoms with Crippen molar-refractivity contribution < 1.29 is 19.5 Å². The summed E-state index contributed by atoms with van der Waals surface area (Å²) >= 11 is 0. The number of anilines is 1. The van der Waals surface area contributed by atoms with E-state index in [1.165, 1.54) is 6.92 Å². The number of hydrogen-bond acceptors (Lipinski definition) is 4. The van der Waals surface area contributed by atoms with Crippen molar-refractivity contribution in [2.75, 3.05) is 25.5 Å². The van der Waals surface area contributed by atoms with Gasteiger partial charge in [0.05, 0.1) is 13.0 Å². The molecule has 20 heavy (non-hydrogen) atoms. The van der Waals surface area contributed by atoms with Gasteiger partial charge in [-0.1, -0.05) is 0 Å². The first-order chi connectivity index (χ1) is 9.38. The highest BCUT2D eigenvalue weighted by molar-refractivity contribution is 5.98. The molecular weight excluding hydrogens is 260 g/mol. The van der Waals surface area contributed by atoms with Crippen molar-refractivity contribution in [1.82, 2.24) is 4.90 Å². The minimum Gasteiger partial charge on any atom is -0.481 e. The molecule has 0 spiro atoms. The molecule has 2 N–H and O–H groups in total. The summed E-state index contributed by atoms with van der Waals surface area (Å²) in [5, 5.41) is 11.2. The van der Waals surface area contributed by atoms with Gasteiger partial charge in [0.25, 0.3) is 0 Å². The third-order valence-corrected chi connectivity index (χ3v) is 2.65. The molecule has 0 bridgehead atoms. The molecule has 6 heteroatoms. The zero-order valence-electron chi connectivity index (χ0n) is 11.5. The molecule has 1 aromatic carbocycles. The van der Waals surface area contributed by atoms with Crippen LogP contribution in [-0.2, 0) is 9.59 Å². The summed E-state index contributed by atoms with van der Waals surface area (Å²) in [6, 6.07) is 6.59. The molecule has 108 valence electrons. The van der Waals surface area contributed by atoms with Crippen molar-refractivity contribution >= 4 is 23.3 Å². The molecule has 0 aromatic heterocycles. The SMILES string of the molecule is CC(=O)Nc1ccc(C(=O)CN(C)CCC(=O)O)cc1. The molecule has 0 saturated heterocycles. The number of aliphatic carboxylic acids is 1. The Morgan fingerprint density at radius 2 is 1.80 bits per heavy atom. The monoisotopic (exact) mass is 278 g/mol. The molecule has 0 unspecified atom stereocenters. The molecule has 0 aliphatic rings. The number of likely N-dealkylation sites (N-methyl/N-ethyl adjacent to an activating group) is 1. The largest absolute Gasteiger partial charge is 0.481 e. The summed E-state index contributed by atoms with van der Waals surface area (Å²) in [6.07, 6.45) is 0.00521. The van der Waals surface area contributed by atoms with E-state index in [2.05, 4.69) is 5.32 Å². The Morgan fingerprint density at radius 1 is 1.20 bits per heavy atom. The van der Waals surface area contributed by atoms with Crippen LogP contribution in [0.3, 0.4) is 0 Å². The highest BCUT2D eigenvalue weighted by Gasteiger charge is 2.10. The van der Waals surface area contributed by atoms with Crippen LogP contribution in [0.1, 0.15) is 23.7 Å². The number of carboxylic acid groups (broad SMARTS) is 1. The van der Waals surface area contributed by atoms with Crippen molar-refractivity contribution in [2.24, 2.45) is 0 Å². The predicted octanol–water partition coefficient (Wildman–Crippen LogP) is 1.23. The van der Waals surface area contributed by atoms with Crippen LogP contribution in [0, 0.1) is 0 Å². The van der Waals surface area contributed by atoms with Gasteiger partial charge in [0, 0.05) is 24.7 Å². The van der Waals surface area contributed by atoms with Gasteiger partial charge >= 0.3 is 5.97 Å². The zero-order chi connectivity index (χ0) is 15.1. The zero-order valence-corrected chi connectivity index (χ0v) is 11.5. The van der Waals surface area contributed by atoms with Gasteiger partial charge in [-0.05, 0) is 31.3 Å². The van der Waals surface area contributed by atoms with Crippen LogP contribution < -0.4 is 5.32 Å². The Labute approximate surface area is 117 Å². The minimum atomic E-state index is -0.885. The third-order valence-electron chi connectivity index (χ3n) is 2.65. The molecule has 1 aromatic rings. The second kappa shape index (κ2) is 7.40. The number of nitrogens with one attached hydrogen (secondary N) is 1. The molecule has 0 aliphatic carbocycles.